The van der Waals surface area contributed by atoms with Crippen molar-refractivity contribution < 1.29 is 19.4 Å². The minimum absolute atomic E-state index is 0. The monoisotopic (exact) mass is 628 g/mol. The molecule has 41 heavy (non-hydrogen) atoms. The molecule has 9 heteroatoms. The standard InChI is InChI=1S/C32H44N4O4.BrH/c1-32(2,3)27-17-23(19-34-11-13-35(14-12-34)22-29(38)39)16-26(18-27)28(37)21-36-20-25(10-15-40-4)30(31(36)33)24-8-6-5-7-9-24;/h5-9,16-18,25,30,33H,10-15,19-22H2,1-4H3,(H,38,39);1H. The highest BCUT2D eigenvalue weighted by atomic mass is 79.9. The highest BCUT2D eigenvalue weighted by Crippen LogP contribution is 2.36. The van der Waals surface area contributed by atoms with Gasteiger partial charge in [0.2, 0.25) is 0 Å². The Morgan fingerprint density at radius 1 is 1.00 bits per heavy atom. The first-order valence-electron chi connectivity index (χ1n) is 14.3. The summed E-state index contributed by atoms with van der Waals surface area (Å²) >= 11 is 0. The fourth-order valence-electron chi connectivity index (χ4n) is 5.87. The van der Waals surface area contributed by atoms with E-state index in [1.165, 1.54) is 0 Å². The Hall–Kier alpha value is -2.59. The summed E-state index contributed by atoms with van der Waals surface area (Å²) in [6.45, 7) is 11.8. The number of Topliss-reactive ketones (excluding diaryl/α,β-unsaturated/α-hetero) is 1. The Balaban J connectivity index is 0.00000462. The quantitative estimate of drug-likeness (QED) is 0.349. The van der Waals surface area contributed by atoms with Gasteiger partial charge in [-0.05, 0) is 46.6 Å². The molecule has 2 saturated heterocycles. The third kappa shape index (κ3) is 8.70. The zero-order valence-corrected chi connectivity index (χ0v) is 26.5. The number of nitrogens with one attached hydrogen (secondary N) is 1. The maximum Gasteiger partial charge on any atom is 0.317 e. The molecule has 2 aromatic rings. The molecule has 2 aromatic carbocycles. The first-order chi connectivity index (χ1) is 19.0. The van der Waals surface area contributed by atoms with E-state index < -0.39 is 5.97 Å². The van der Waals surface area contributed by atoms with Gasteiger partial charge in [0, 0.05) is 64.5 Å². The minimum Gasteiger partial charge on any atom is -0.480 e. The average Bonchev–Trinajstić information content (AvgIpc) is 3.22. The van der Waals surface area contributed by atoms with E-state index in [1.807, 2.05) is 40.1 Å². The van der Waals surface area contributed by atoms with Crippen molar-refractivity contribution in [2.75, 3.05) is 59.5 Å². The summed E-state index contributed by atoms with van der Waals surface area (Å²) in [5.74, 6) is -0.0744. The Morgan fingerprint density at radius 2 is 1.66 bits per heavy atom. The molecule has 2 aliphatic heterocycles. The summed E-state index contributed by atoms with van der Waals surface area (Å²) in [5, 5.41) is 18.1. The van der Waals surface area contributed by atoms with Crippen LogP contribution in [0.5, 0.6) is 0 Å². The molecule has 0 saturated carbocycles. The second-order valence-corrected chi connectivity index (χ2v) is 12.2. The number of likely N-dealkylation sites (tertiary alicyclic amines) is 1. The van der Waals surface area contributed by atoms with Crippen molar-refractivity contribution in [3.05, 3.63) is 70.8 Å². The number of carboxylic acids is 1. The first-order valence-corrected chi connectivity index (χ1v) is 14.3. The molecule has 4 rings (SSSR count). The maximum atomic E-state index is 13.7. The van der Waals surface area contributed by atoms with Gasteiger partial charge in [-0.1, -0.05) is 57.2 Å². The molecule has 224 valence electrons. The second kappa shape index (κ2) is 14.5. The molecule has 2 fully saturated rings. The lowest BCUT2D eigenvalue weighted by Crippen LogP contribution is -2.47. The smallest absolute Gasteiger partial charge is 0.317 e. The van der Waals surface area contributed by atoms with E-state index in [0.29, 0.717) is 24.6 Å². The van der Waals surface area contributed by atoms with E-state index in [1.54, 1.807) is 7.11 Å². The van der Waals surface area contributed by atoms with Crippen molar-refractivity contribution in [2.24, 2.45) is 5.92 Å². The number of halogens is 1. The normalized spacial score (nSPS) is 20.2. The number of benzene rings is 2. The molecule has 8 nitrogen and oxygen atoms in total. The van der Waals surface area contributed by atoms with Gasteiger partial charge in [-0.15, -0.1) is 17.0 Å². The van der Waals surface area contributed by atoms with Crippen molar-refractivity contribution in [2.45, 2.75) is 45.1 Å². The summed E-state index contributed by atoms with van der Waals surface area (Å²) in [5.41, 5.74) is 3.91. The van der Waals surface area contributed by atoms with Gasteiger partial charge in [0.25, 0.3) is 0 Å². The summed E-state index contributed by atoms with van der Waals surface area (Å²) < 4.78 is 5.36. The molecule has 2 atom stereocenters. The zero-order chi connectivity index (χ0) is 28.9. The van der Waals surface area contributed by atoms with Crippen LogP contribution >= 0.6 is 17.0 Å². The van der Waals surface area contributed by atoms with E-state index in [-0.39, 0.29) is 53.1 Å². The number of ketones is 1. The van der Waals surface area contributed by atoms with E-state index in [2.05, 4.69) is 43.9 Å². The fourth-order valence-corrected chi connectivity index (χ4v) is 5.87. The molecule has 0 amide bonds. The number of aliphatic carboxylic acids is 1. The Kier molecular flexibility index (Phi) is 11.7. The van der Waals surface area contributed by atoms with Crippen LogP contribution in [0.1, 0.15) is 60.2 Å². The highest BCUT2D eigenvalue weighted by molar-refractivity contribution is 8.93. The van der Waals surface area contributed by atoms with Gasteiger partial charge in [0.15, 0.2) is 5.78 Å². The van der Waals surface area contributed by atoms with Gasteiger partial charge in [0.1, 0.15) is 5.84 Å². The number of methoxy groups -OCH3 is 1. The predicted octanol–water partition coefficient (Wildman–Crippen LogP) is 4.68. The number of hydrogen-bond acceptors (Lipinski definition) is 6. The Morgan fingerprint density at radius 3 is 2.27 bits per heavy atom. The van der Waals surface area contributed by atoms with Gasteiger partial charge in [-0.25, -0.2) is 0 Å². The van der Waals surface area contributed by atoms with Crippen molar-refractivity contribution in [1.82, 2.24) is 14.7 Å². The lowest BCUT2D eigenvalue weighted by Gasteiger charge is -2.34. The zero-order valence-electron chi connectivity index (χ0n) is 24.8. The molecule has 2 heterocycles. The van der Waals surface area contributed by atoms with Crippen LogP contribution in [0.25, 0.3) is 0 Å². The number of nitrogens with zero attached hydrogens (tertiary/aromatic N) is 3. The van der Waals surface area contributed by atoms with Crippen molar-refractivity contribution >= 4 is 34.6 Å². The van der Waals surface area contributed by atoms with Crippen LogP contribution in [0.4, 0.5) is 0 Å². The van der Waals surface area contributed by atoms with Crippen LogP contribution in [0.15, 0.2) is 48.5 Å². The molecule has 2 aliphatic rings. The van der Waals surface area contributed by atoms with Gasteiger partial charge >= 0.3 is 5.97 Å². The average molecular weight is 630 g/mol. The molecule has 0 aromatic heterocycles. The molecule has 2 N–H and O–H groups in total. The number of ether oxygens (including phenoxy) is 1. The third-order valence-electron chi connectivity index (χ3n) is 8.16. The number of carbonyl (C=O) groups excluding carboxylic acids is 1. The number of carboxylic acid groups (broad SMARTS) is 1. The Labute approximate surface area is 254 Å². The van der Waals surface area contributed by atoms with Crippen LogP contribution in [0, 0.1) is 11.3 Å². The topological polar surface area (TPSA) is 97.2 Å². The van der Waals surface area contributed by atoms with Gasteiger partial charge in [0.05, 0.1) is 13.1 Å². The van der Waals surface area contributed by atoms with E-state index in [4.69, 9.17) is 15.3 Å². The molecule has 0 aliphatic carbocycles. The number of rotatable bonds is 11. The van der Waals surface area contributed by atoms with E-state index in [9.17, 15) is 9.59 Å². The lowest BCUT2D eigenvalue weighted by atomic mass is 9.84. The highest BCUT2D eigenvalue weighted by Gasteiger charge is 2.39. The third-order valence-corrected chi connectivity index (χ3v) is 8.16. The van der Waals surface area contributed by atoms with Gasteiger partial charge in [-0.3, -0.25) is 24.8 Å². The van der Waals surface area contributed by atoms with Gasteiger partial charge < -0.3 is 14.7 Å². The van der Waals surface area contributed by atoms with Crippen LogP contribution in [-0.2, 0) is 21.5 Å². The molecule has 0 bridgehead atoms. The van der Waals surface area contributed by atoms with E-state index in [0.717, 1.165) is 55.8 Å². The van der Waals surface area contributed by atoms with Crippen molar-refractivity contribution in [1.29, 1.82) is 5.41 Å². The van der Waals surface area contributed by atoms with Crippen LogP contribution in [0.2, 0.25) is 0 Å². The van der Waals surface area contributed by atoms with E-state index >= 15 is 0 Å². The second-order valence-electron chi connectivity index (χ2n) is 12.2. The first kappa shape index (κ1) is 32.9. The number of amidine groups is 1. The fraction of sp³-hybridized carbons (Fsp3) is 0.531. The number of hydrogen-bond donors (Lipinski definition) is 2. The molecule has 0 radical (unpaired) electrons. The molecular formula is C32H45BrN4O4. The maximum absolute atomic E-state index is 13.7. The SMILES string of the molecule is Br.COCCC1CN(CC(=O)c2cc(CN3CCN(CC(=O)O)CC3)cc(C(C)(C)C)c2)C(=N)C1c1ccccc1. The lowest BCUT2D eigenvalue weighted by molar-refractivity contribution is -0.138. The summed E-state index contributed by atoms with van der Waals surface area (Å²) in [7, 11) is 1.70. The summed E-state index contributed by atoms with van der Waals surface area (Å²) in [4.78, 5) is 31.0. The molecule has 0 spiro atoms. The number of carbonyl (C=O) groups is 2. The minimum atomic E-state index is -0.791. The molecular weight excluding hydrogens is 584 g/mol. The van der Waals surface area contributed by atoms with Crippen molar-refractivity contribution in [3.63, 3.8) is 0 Å². The largest absolute Gasteiger partial charge is 0.480 e. The van der Waals surface area contributed by atoms with Gasteiger partial charge in [-0.2, -0.15) is 0 Å². The Bertz CT molecular complexity index is 1190. The van der Waals surface area contributed by atoms with Crippen molar-refractivity contribution in [3.8, 4) is 0 Å². The van der Waals surface area contributed by atoms with Crippen LogP contribution in [-0.4, -0.2) is 96.9 Å². The summed E-state index contributed by atoms with van der Waals surface area (Å²) in [6, 6.07) is 16.4. The predicted molar refractivity (Wildman–Crippen MR) is 168 cm³/mol. The molecule has 2 unspecified atom stereocenters. The van der Waals surface area contributed by atoms with Crippen LogP contribution in [0.3, 0.4) is 0 Å². The summed E-state index contributed by atoms with van der Waals surface area (Å²) in [6.07, 6.45) is 0.840. The number of piperazine rings is 1. The van der Waals surface area contributed by atoms with Crippen LogP contribution < -0.4 is 0 Å².